The van der Waals surface area contributed by atoms with E-state index in [4.69, 9.17) is 4.74 Å². The minimum absolute atomic E-state index is 0.256. The summed E-state index contributed by atoms with van der Waals surface area (Å²) in [5.41, 5.74) is 3.67. The number of aromatic nitrogens is 2. The van der Waals surface area contributed by atoms with E-state index in [9.17, 15) is 4.79 Å². The van der Waals surface area contributed by atoms with Crippen LogP contribution in [0.4, 0.5) is 11.6 Å². The van der Waals surface area contributed by atoms with E-state index in [-0.39, 0.29) is 5.97 Å². The van der Waals surface area contributed by atoms with Crippen molar-refractivity contribution >= 4 is 17.6 Å². The van der Waals surface area contributed by atoms with E-state index in [1.807, 2.05) is 62.4 Å². The Labute approximate surface area is 153 Å². The second kappa shape index (κ2) is 8.25. The summed E-state index contributed by atoms with van der Waals surface area (Å²) in [6.45, 7) is 3.84. The molecule has 5 heteroatoms. The second-order valence-electron chi connectivity index (χ2n) is 6.09. The monoisotopic (exact) mass is 347 g/mol. The van der Waals surface area contributed by atoms with Gasteiger partial charge in [0.05, 0.1) is 0 Å². The van der Waals surface area contributed by atoms with Gasteiger partial charge in [-0.05, 0) is 44.0 Å². The zero-order valence-corrected chi connectivity index (χ0v) is 14.9. The molecular weight excluding hydrogens is 326 g/mol. The van der Waals surface area contributed by atoms with E-state index in [0.29, 0.717) is 24.5 Å². The van der Waals surface area contributed by atoms with E-state index in [1.165, 1.54) is 0 Å². The normalized spacial score (nSPS) is 10.4. The number of carbonyl (C=O) groups excluding carboxylic acids is 1. The molecule has 0 bridgehead atoms. The Balaban J connectivity index is 1.60. The highest BCUT2D eigenvalue weighted by Gasteiger charge is 2.07. The van der Waals surface area contributed by atoms with Crippen LogP contribution in [0.3, 0.4) is 0 Å². The van der Waals surface area contributed by atoms with Crippen molar-refractivity contribution in [3.05, 3.63) is 77.6 Å². The summed E-state index contributed by atoms with van der Waals surface area (Å²) in [5.74, 6) is 0.765. The number of nitrogens with one attached hydrogen (secondary N) is 1. The summed E-state index contributed by atoms with van der Waals surface area (Å²) in [6.07, 6.45) is 0.996. The largest absolute Gasteiger partial charge is 0.426 e. The smallest absolute Gasteiger partial charge is 0.311 e. The Morgan fingerprint density at radius 2 is 1.69 bits per heavy atom. The zero-order chi connectivity index (χ0) is 18.4. The molecule has 0 spiro atoms. The molecule has 0 unspecified atom stereocenters. The molecule has 0 amide bonds. The number of hydrogen-bond donors (Lipinski definition) is 1. The topological polar surface area (TPSA) is 64.1 Å². The number of anilines is 2. The quantitative estimate of drug-likeness (QED) is 0.530. The highest BCUT2D eigenvalue weighted by Crippen LogP contribution is 2.21. The Morgan fingerprint density at radius 1 is 0.962 bits per heavy atom. The predicted molar refractivity (Wildman–Crippen MR) is 102 cm³/mol. The van der Waals surface area contributed by atoms with Crippen LogP contribution in [-0.2, 0) is 11.2 Å². The molecule has 0 radical (unpaired) electrons. The first kappa shape index (κ1) is 17.6. The Morgan fingerprint density at radius 3 is 2.42 bits per heavy atom. The van der Waals surface area contributed by atoms with Crippen LogP contribution in [-0.4, -0.2) is 15.9 Å². The minimum Gasteiger partial charge on any atom is -0.426 e. The lowest BCUT2D eigenvalue weighted by Gasteiger charge is -2.09. The SMILES string of the molecule is Cc1cc(C)nc(Nc2cccc(OC(=O)CCc3ccccc3)c2)n1. The van der Waals surface area contributed by atoms with E-state index in [0.717, 1.165) is 22.6 Å². The molecule has 0 fully saturated rings. The first-order valence-corrected chi connectivity index (χ1v) is 8.52. The molecule has 2 aromatic carbocycles. The molecule has 0 saturated carbocycles. The molecule has 1 aromatic heterocycles. The number of aryl methyl sites for hydroxylation is 3. The Kier molecular flexibility index (Phi) is 5.59. The third kappa shape index (κ3) is 5.14. The molecule has 0 atom stereocenters. The van der Waals surface area contributed by atoms with Gasteiger partial charge < -0.3 is 10.1 Å². The fourth-order valence-electron chi connectivity index (χ4n) is 2.62. The summed E-state index contributed by atoms with van der Waals surface area (Å²) < 4.78 is 5.44. The fraction of sp³-hybridized carbons (Fsp3) is 0.190. The zero-order valence-electron chi connectivity index (χ0n) is 14.9. The van der Waals surface area contributed by atoms with Crippen molar-refractivity contribution in [2.75, 3.05) is 5.32 Å². The number of carbonyl (C=O) groups is 1. The van der Waals surface area contributed by atoms with Crippen LogP contribution in [0.25, 0.3) is 0 Å². The van der Waals surface area contributed by atoms with Crippen molar-refractivity contribution in [3.8, 4) is 5.75 Å². The lowest BCUT2D eigenvalue weighted by Crippen LogP contribution is -2.09. The Hall–Kier alpha value is -3.21. The summed E-state index contributed by atoms with van der Waals surface area (Å²) in [6, 6.07) is 19.0. The summed E-state index contributed by atoms with van der Waals surface area (Å²) in [7, 11) is 0. The molecule has 26 heavy (non-hydrogen) atoms. The molecule has 3 aromatic rings. The lowest BCUT2D eigenvalue weighted by molar-refractivity contribution is -0.134. The van der Waals surface area contributed by atoms with Gasteiger partial charge in [-0.3, -0.25) is 4.79 Å². The highest BCUT2D eigenvalue weighted by atomic mass is 16.5. The number of ether oxygens (including phenoxy) is 1. The van der Waals surface area contributed by atoms with E-state index >= 15 is 0 Å². The number of nitrogens with zero attached hydrogens (tertiary/aromatic N) is 2. The van der Waals surface area contributed by atoms with Gasteiger partial charge in [0.15, 0.2) is 0 Å². The van der Waals surface area contributed by atoms with Crippen molar-refractivity contribution in [3.63, 3.8) is 0 Å². The highest BCUT2D eigenvalue weighted by molar-refractivity contribution is 5.73. The van der Waals surface area contributed by atoms with Crippen molar-refractivity contribution in [1.82, 2.24) is 9.97 Å². The van der Waals surface area contributed by atoms with Crippen LogP contribution in [0, 0.1) is 13.8 Å². The van der Waals surface area contributed by atoms with Gasteiger partial charge in [-0.15, -0.1) is 0 Å². The lowest BCUT2D eigenvalue weighted by atomic mass is 10.1. The maximum Gasteiger partial charge on any atom is 0.311 e. The predicted octanol–water partition coefficient (Wildman–Crippen LogP) is 4.38. The second-order valence-corrected chi connectivity index (χ2v) is 6.09. The first-order valence-electron chi connectivity index (χ1n) is 8.52. The standard InChI is InChI=1S/C21H21N3O2/c1-15-13-16(2)23-21(22-15)24-18-9-6-10-19(14-18)26-20(25)12-11-17-7-4-3-5-8-17/h3-10,13-14H,11-12H2,1-2H3,(H,22,23,24). The van der Waals surface area contributed by atoms with Crippen molar-refractivity contribution in [2.24, 2.45) is 0 Å². The number of benzene rings is 2. The van der Waals surface area contributed by atoms with E-state index < -0.39 is 0 Å². The summed E-state index contributed by atoms with van der Waals surface area (Å²) in [5, 5.41) is 3.14. The molecular formula is C21H21N3O2. The van der Waals surface area contributed by atoms with Crippen LogP contribution in [0.2, 0.25) is 0 Å². The van der Waals surface area contributed by atoms with Gasteiger partial charge >= 0.3 is 5.97 Å². The Bertz CT molecular complexity index is 875. The third-order valence-electron chi connectivity index (χ3n) is 3.76. The molecule has 3 rings (SSSR count). The summed E-state index contributed by atoms with van der Waals surface area (Å²) in [4.78, 5) is 20.8. The van der Waals surface area contributed by atoms with Gasteiger partial charge in [-0.25, -0.2) is 9.97 Å². The van der Waals surface area contributed by atoms with Gasteiger partial charge in [-0.1, -0.05) is 36.4 Å². The number of esters is 1. The van der Waals surface area contributed by atoms with Gasteiger partial charge in [-0.2, -0.15) is 0 Å². The average Bonchev–Trinajstić information content (AvgIpc) is 2.60. The molecule has 0 aliphatic rings. The van der Waals surface area contributed by atoms with Gasteiger partial charge in [0.25, 0.3) is 0 Å². The number of hydrogen-bond acceptors (Lipinski definition) is 5. The van der Waals surface area contributed by atoms with Crippen LogP contribution in [0.5, 0.6) is 5.75 Å². The van der Waals surface area contributed by atoms with Gasteiger partial charge in [0.1, 0.15) is 5.75 Å². The number of rotatable bonds is 6. The molecule has 0 aliphatic heterocycles. The van der Waals surface area contributed by atoms with Gasteiger partial charge in [0, 0.05) is 29.6 Å². The molecule has 1 heterocycles. The van der Waals surface area contributed by atoms with E-state index in [2.05, 4.69) is 15.3 Å². The maximum absolute atomic E-state index is 12.1. The molecule has 0 saturated heterocycles. The molecule has 0 aliphatic carbocycles. The van der Waals surface area contributed by atoms with Crippen molar-refractivity contribution in [2.45, 2.75) is 26.7 Å². The van der Waals surface area contributed by atoms with Crippen LogP contribution < -0.4 is 10.1 Å². The maximum atomic E-state index is 12.1. The van der Waals surface area contributed by atoms with Crippen LogP contribution in [0.1, 0.15) is 23.4 Å². The average molecular weight is 347 g/mol. The summed E-state index contributed by atoms with van der Waals surface area (Å²) >= 11 is 0. The van der Waals surface area contributed by atoms with Crippen molar-refractivity contribution < 1.29 is 9.53 Å². The van der Waals surface area contributed by atoms with E-state index in [1.54, 1.807) is 12.1 Å². The molecule has 5 nitrogen and oxygen atoms in total. The van der Waals surface area contributed by atoms with Gasteiger partial charge in [0.2, 0.25) is 5.95 Å². The first-order chi connectivity index (χ1) is 12.6. The third-order valence-corrected chi connectivity index (χ3v) is 3.76. The van der Waals surface area contributed by atoms with Crippen molar-refractivity contribution in [1.29, 1.82) is 0 Å². The van der Waals surface area contributed by atoms with Crippen LogP contribution in [0.15, 0.2) is 60.7 Å². The molecule has 132 valence electrons. The molecule has 1 N–H and O–H groups in total. The minimum atomic E-state index is -0.256. The fourth-order valence-corrected chi connectivity index (χ4v) is 2.62. The van der Waals surface area contributed by atoms with Crippen LogP contribution >= 0.6 is 0 Å².